The third-order valence-corrected chi connectivity index (χ3v) is 4.08. The van der Waals surface area contributed by atoms with Gasteiger partial charge in [0.2, 0.25) is 0 Å². The first-order chi connectivity index (χ1) is 8.19. The van der Waals surface area contributed by atoms with Crippen molar-refractivity contribution < 1.29 is 4.79 Å². The van der Waals surface area contributed by atoms with E-state index in [1.807, 2.05) is 5.38 Å². The van der Waals surface area contributed by atoms with E-state index >= 15 is 0 Å². The summed E-state index contributed by atoms with van der Waals surface area (Å²) in [6.07, 6.45) is 4.14. The van der Waals surface area contributed by atoms with E-state index in [2.05, 4.69) is 17.2 Å². The number of hydrogen-bond donors (Lipinski definition) is 2. The van der Waals surface area contributed by atoms with Gasteiger partial charge in [0, 0.05) is 17.8 Å². The molecule has 1 aliphatic carbocycles. The predicted octanol–water partition coefficient (Wildman–Crippen LogP) is 1.56. The maximum Gasteiger partial charge on any atom is 0.270 e. The molecule has 0 bridgehead atoms. The Morgan fingerprint density at radius 2 is 2.47 bits per heavy atom. The minimum Gasteiger partial charge on any atom is -0.348 e. The van der Waals surface area contributed by atoms with Gasteiger partial charge in [-0.05, 0) is 31.7 Å². The molecule has 1 amide bonds. The molecule has 1 heterocycles. The van der Waals surface area contributed by atoms with Gasteiger partial charge >= 0.3 is 0 Å². The Hall–Kier alpha value is -0.940. The summed E-state index contributed by atoms with van der Waals surface area (Å²) in [4.78, 5) is 16.2. The highest BCUT2D eigenvalue weighted by atomic mass is 32.1. The molecule has 2 atom stereocenters. The molecule has 2 unspecified atom stereocenters. The molecular formula is C12H19N3OS. The molecule has 0 aliphatic heterocycles. The maximum atomic E-state index is 11.9. The van der Waals surface area contributed by atoms with E-state index in [0.29, 0.717) is 18.3 Å². The summed E-state index contributed by atoms with van der Waals surface area (Å²) in [6, 6.07) is 0.331. The van der Waals surface area contributed by atoms with Crippen molar-refractivity contribution in [3.8, 4) is 0 Å². The van der Waals surface area contributed by atoms with Crippen molar-refractivity contribution in [1.29, 1.82) is 0 Å². The second kappa shape index (κ2) is 5.60. The van der Waals surface area contributed by atoms with Crippen molar-refractivity contribution in [3.05, 3.63) is 16.1 Å². The number of carbonyl (C=O) groups excluding carboxylic acids is 1. The van der Waals surface area contributed by atoms with Crippen LogP contribution in [0.4, 0.5) is 0 Å². The van der Waals surface area contributed by atoms with Crippen LogP contribution >= 0.6 is 11.3 Å². The second-order valence-electron chi connectivity index (χ2n) is 4.75. The Kier molecular flexibility index (Phi) is 4.12. The van der Waals surface area contributed by atoms with Crippen LogP contribution < -0.4 is 11.1 Å². The molecule has 3 N–H and O–H groups in total. The first-order valence-corrected chi connectivity index (χ1v) is 7.02. The van der Waals surface area contributed by atoms with Gasteiger partial charge in [0.05, 0.1) is 5.01 Å². The topological polar surface area (TPSA) is 68.0 Å². The van der Waals surface area contributed by atoms with Crippen molar-refractivity contribution in [2.45, 2.75) is 38.6 Å². The molecule has 94 valence electrons. The van der Waals surface area contributed by atoms with Crippen LogP contribution in [0.5, 0.6) is 0 Å². The minimum atomic E-state index is -0.0383. The minimum absolute atomic E-state index is 0.0383. The van der Waals surface area contributed by atoms with Crippen LogP contribution in [0.1, 0.15) is 41.7 Å². The molecule has 0 saturated heterocycles. The average Bonchev–Trinajstić information content (AvgIpc) is 2.88. The zero-order valence-corrected chi connectivity index (χ0v) is 10.9. The Morgan fingerprint density at radius 1 is 1.65 bits per heavy atom. The fourth-order valence-electron chi connectivity index (χ4n) is 2.25. The summed E-state index contributed by atoms with van der Waals surface area (Å²) in [6.45, 7) is 2.81. The Morgan fingerprint density at radius 3 is 3.12 bits per heavy atom. The van der Waals surface area contributed by atoms with E-state index in [0.717, 1.165) is 30.2 Å². The van der Waals surface area contributed by atoms with Crippen LogP contribution in [-0.4, -0.2) is 23.5 Å². The van der Waals surface area contributed by atoms with Crippen molar-refractivity contribution in [1.82, 2.24) is 10.3 Å². The van der Waals surface area contributed by atoms with E-state index in [9.17, 15) is 4.79 Å². The lowest BCUT2D eigenvalue weighted by Crippen LogP contribution is -2.33. The van der Waals surface area contributed by atoms with Gasteiger partial charge < -0.3 is 11.1 Å². The van der Waals surface area contributed by atoms with Crippen LogP contribution in [0.15, 0.2) is 5.38 Å². The van der Waals surface area contributed by atoms with E-state index in [1.165, 1.54) is 17.8 Å². The van der Waals surface area contributed by atoms with Crippen LogP contribution in [0.2, 0.25) is 0 Å². The van der Waals surface area contributed by atoms with Crippen LogP contribution in [0.3, 0.4) is 0 Å². The molecule has 1 aromatic heterocycles. The first kappa shape index (κ1) is 12.5. The lowest BCUT2D eigenvalue weighted by atomic mass is 10.1. The molecule has 1 saturated carbocycles. The summed E-state index contributed by atoms with van der Waals surface area (Å²) in [7, 11) is 0. The summed E-state index contributed by atoms with van der Waals surface area (Å²) in [5.74, 6) is 0.687. The summed E-state index contributed by atoms with van der Waals surface area (Å²) >= 11 is 1.51. The van der Waals surface area contributed by atoms with Gasteiger partial charge in [0.15, 0.2) is 0 Å². The van der Waals surface area contributed by atoms with Gasteiger partial charge in [-0.15, -0.1) is 11.3 Å². The highest BCUT2D eigenvalue weighted by Crippen LogP contribution is 2.24. The third-order valence-electron chi connectivity index (χ3n) is 3.17. The van der Waals surface area contributed by atoms with Crippen LogP contribution in [-0.2, 0) is 6.42 Å². The van der Waals surface area contributed by atoms with E-state index in [4.69, 9.17) is 5.73 Å². The largest absolute Gasteiger partial charge is 0.348 e. The molecular weight excluding hydrogens is 234 g/mol. The number of carbonyl (C=O) groups is 1. The monoisotopic (exact) mass is 253 g/mol. The number of thiazole rings is 1. The maximum absolute atomic E-state index is 11.9. The fourth-order valence-corrected chi connectivity index (χ4v) is 3.05. The Balaban J connectivity index is 1.90. The number of nitrogens with one attached hydrogen (secondary N) is 1. The molecule has 4 nitrogen and oxygen atoms in total. The number of nitrogens with zero attached hydrogens (tertiary/aromatic N) is 1. The molecule has 2 rings (SSSR count). The molecule has 0 radical (unpaired) electrons. The smallest absolute Gasteiger partial charge is 0.270 e. The number of rotatable bonds is 4. The fraction of sp³-hybridized carbons (Fsp3) is 0.667. The molecule has 1 aliphatic rings. The van der Waals surface area contributed by atoms with Gasteiger partial charge in [-0.3, -0.25) is 4.79 Å². The van der Waals surface area contributed by atoms with Gasteiger partial charge in [0.25, 0.3) is 5.91 Å². The number of nitrogens with two attached hydrogens (primary N) is 1. The molecule has 1 fully saturated rings. The van der Waals surface area contributed by atoms with Gasteiger partial charge in [0.1, 0.15) is 5.69 Å². The zero-order chi connectivity index (χ0) is 12.3. The zero-order valence-electron chi connectivity index (χ0n) is 10.1. The van der Waals surface area contributed by atoms with Crippen molar-refractivity contribution in [3.63, 3.8) is 0 Å². The summed E-state index contributed by atoms with van der Waals surface area (Å²) in [5, 5.41) is 5.82. The molecule has 5 heteroatoms. The van der Waals surface area contributed by atoms with E-state index in [-0.39, 0.29) is 5.91 Å². The molecule has 17 heavy (non-hydrogen) atoms. The van der Waals surface area contributed by atoms with Crippen molar-refractivity contribution >= 4 is 17.2 Å². The van der Waals surface area contributed by atoms with Crippen LogP contribution in [0.25, 0.3) is 0 Å². The quantitative estimate of drug-likeness (QED) is 0.855. The third kappa shape index (κ3) is 3.26. The van der Waals surface area contributed by atoms with Crippen molar-refractivity contribution in [2.24, 2.45) is 11.7 Å². The van der Waals surface area contributed by atoms with Crippen molar-refractivity contribution in [2.75, 3.05) is 6.54 Å². The highest BCUT2D eigenvalue weighted by Gasteiger charge is 2.23. The molecule has 1 aromatic rings. The molecule has 0 spiro atoms. The molecule has 0 aromatic carbocycles. The number of amides is 1. The standard InChI is InChI=1S/C12H19N3OS/c1-8-2-3-9(6-8)14-12(16)10-7-17-11(15-10)4-5-13/h7-9H,2-6,13H2,1H3,(H,14,16). The first-order valence-electron chi connectivity index (χ1n) is 6.14. The Bertz CT molecular complexity index is 391. The lowest BCUT2D eigenvalue weighted by molar-refractivity contribution is 0.0933. The van der Waals surface area contributed by atoms with Gasteiger partial charge in [-0.1, -0.05) is 6.92 Å². The average molecular weight is 253 g/mol. The van der Waals surface area contributed by atoms with E-state index < -0.39 is 0 Å². The highest BCUT2D eigenvalue weighted by molar-refractivity contribution is 7.09. The summed E-state index contributed by atoms with van der Waals surface area (Å²) < 4.78 is 0. The normalized spacial score (nSPS) is 23.9. The summed E-state index contributed by atoms with van der Waals surface area (Å²) in [5.41, 5.74) is 6.00. The Labute approximate surface area is 106 Å². The second-order valence-corrected chi connectivity index (χ2v) is 5.70. The van der Waals surface area contributed by atoms with E-state index in [1.54, 1.807) is 0 Å². The van der Waals surface area contributed by atoms with Gasteiger partial charge in [-0.25, -0.2) is 4.98 Å². The SMILES string of the molecule is CC1CCC(NC(=O)c2csc(CCN)n2)C1. The number of aromatic nitrogens is 1. The lowest BCUT2D eigenvalue weighted by Gasteiger charge is -2.10. The van der Waals surface area contributed by atoms with Gasteiger partial charge in [-0.2, -0.15) is 0 Å². The van der Waals surface area contributed by atoms with Crippen LogP contribution in [0, 0.1) is 5.92 Å². The predicted molar refractivity (Wildman–Crippen MR) is 69.1 cm³/mol. The number of hydrogen-bond acceptors (Lipinski definition) is 4.